The van der Waals surface area contributed by atoms with E-state index in [0.29, 0.717) is 13.0 Å². The van der Waals surface area contributed by atoms with Crippen molar-refractivity contribution >= 4 is 11.6 Å². The van der Waals surface area contributed by atoms with Gasteiger partial charge in [0.25, 0.3) is 0 Å². The van der Waals surface area contributed by atoms with Crippen LogP contribution in [0.2, 0.25) is 0 Å². The minimum Gasteiger partial charge on any atom is -0.384 e. The van der Waals surface area contributed by atoms with E-state index in [1.807, 2.05) is 4.90 Å². The van der Waals surface area contributed by atoms with Gasteiger partial charge in [-0.15, -0.1) is 0 Å². The number of hydrogen-bond acceptors (Lipinski definition) is 3. The summed E-state index contributed by atoms with van der Waals surface area (Å²) < 4.78 is 0. The first-order chi connectivity index (χ1) is 20.3. The molecule has 5 rings (SSSR count). The van der Waals surface area contributed by atoms with Crippen molar-refractivity contribution in [3.05, 3.63) is 135 Å². The van der Waals surface area contributed by atoms with Crippen molar-refractivity contribution in [2.75, 3.05) is 18.4 Å². The maximum absolute atomic E-state index is 14.0. The Balaban J connectivity index is 1.46. The number of hydrogen-bond donors (Lipinski definition) is 2. The number of likely N-dealkylation sites (N-methyl/N-ethyl adjacent to an activating group) is 1. The van der Waals surface area contributed by atoms with Crippen LogP contribution in [0.1, 0.15) is 69.5 Å². The van der Waals surface area contributed by atoms with Crippen molar-refractivity contribution in [3.8, 4) is 0 Å². The number of rotatable bonds is 10. The number of fused-ring (bicyclic) bond motifs is 1. The maximum Gasteiger partial charge on any atom is 0.240 e. The molecule has 0 spiro atoms. The standard InChI is InChI=1S/C38H45N3O/c1-5-41(38(42)35(39)25-33-27(3)20-26(2)21-28(33)4)36-18-19-40-37-32(17-16-29-12-8-6-9-13-29)23-31(24-34(36)37)22-30-14-10-7-11-15-30/h6-15,20-21,23-24,35-36,40H,5,16-19,22,25,39H2,1-4H3. The third-order valence-electron chi connectivity index (χ3n) is 8.75. The van der Waals surface area contributed by atoms with Crippen LogP contribution in [0.25, 0.3) is 0 Å². The number of nitrogens with zero attached hydrogens (tertiary/aromatic N) is 1. The second-order valence-corrected chi connectivity index (χ2v) is 11.9. The molecule has 42 heavy (non-hydrogen) atoms. The summed E-state index contributed by atoms with van der Waals surface area (Å²) >= 11 is 0. The molecule has 0 bridgehead atoms. The lowest BCUT2D eigenvalue weighted by molar-refractivity contribution is -0.135. The number of carbonyl (C=O) groups excluding carboxylic acids is 1. The average Bonchev–Trinajstić information content (AvgIpc) is 2.99. The minimum atomic E-state index is -0.576. The predicted molar refractivity (Wildman–Crippen MR) is 175 cm³/mol. The molecule has 4 heteroatoms. The summed E-state index contributed by atoms with van der Waals surface area (Å²) in [5.74, 6) is 0.0361. The molecule has 4 nitrogen and oxygen atoms in total. The van der Waals surface area contributed by atoms with Gasteiger partial charge in [0.1, 0.15) is 0 Å². The molecule has 1 heterocycles. The summed E-state index contributed by atoms with van der Waals surface area (Å²) in [6.07, 6.45) is 4.21. The van der Waals surface area contributed by atoms with E-state index in [1.165, 1.54) is 55.8 Å². The first-order valence-corrected chi connectivity index (χ1v) is 15.4. The Morgan fingerprint density at radius 3 is 2.17 bits per heavy atom. The van der Waals surface area contributed by atoms with Gasteiger partial charge in [-0.1, -0.05) is 90.5 Å². The van der Waals surface area contributed by atoms with Gasteiger partial charge < -0.3 is 16.0 Å². The lowest BCUT2D eigenvalue weighted by Gasteiger charge is -2.38. The van der Waals surface area contributed by atoms with Gasteiger partial charge in [0.15, 0.2) is 0 Å². The van der Waals surface area contributed by atoms with Gasteiger partial charge in [0.2, 0.25) is 5.91 Å². The van der Waals surface area contributed by atoms with Gasteiger partial charge in [-0.25, -0.2) is 0 Å². The summed E-state index contributed by atoms with van der Waals surface area (Å²) in [5.41, 5.74) is 19.2. The van der Waals surface area contributed by atoms with Crippen LogP contribution in [0, 0.1) is 20.8 Å². The molecular weight excluding hydrogens is 514 g/mol. The first kappa shape index (κ1) is 29.6. The molecule has 1 aliphatic heterocycles. The van der Waals surface area contributed by atoms with Gasteiger partial charge in [0.05, 0.1) is 12.1 Å². The number of amides is 1. The van der Waals surface area contributed by atoms with E-state index in [2.05, 4.69) is 118 Å². The van der Waals surface area contributed by atoms with Gasteiger partial charge in [-0.05, 0) is 104 Å². The Hall–Kier alpha value is -3.89. The molecule has 0 saturated heterocycles. The molecule has 0 aliphatic carbocycles. The highest BCUT2D eigenvalue weighted by molar-refractivity contribution is 5.83. The van der Waals surface area contributed by atoms with E-state index in [9.17, 15) is 4.79 Å². The summed E-state index contributed by atoms with van der Waals surface area (Å²) in [5, 5.41) is 3.73. The molecule has 1 amide bonds. The summed E-state index contributed by atoms with van der Waals surface area (Å²) in [4.78, 5) is 16.1. The Morgan fingerprint density at radius 1 is 0.881 bits per heavy atom. The van der Waals surface area contributed by atoms with E-state index in [0.717, 1.165) is 32.2 Å². The van der Waals surface area contributed by atoms with E-state index in [1.54, 1.807) is 0 Å². The molecule has 218 valence electrons. The minimum absolute atomic E-state index is 0.00351. The summed E-state index contributed by atoms with van der Waals surface area (Å²) in [6, 6.07) is 29.8. The molecule has 0 fully saturated rings. The smallest absolute Gasteiger partial charge is 0.240 e. The fraction of sp³-hybridized carbons (Fsp3) is 0.342. The lowest BCUT2D eigenvalue weighted by Crippen LogP contribution is -2.47. The molecule has 2 atom stereocenters. The van der Waals surface area contributed by atoms with Crippen LogP contribution >= 0.6 is 0 Å². The second kappa shape index (κ2) is 13.4. The molecule has 1 aliphatic rings. The number of aryl methyl sites for hydroxylation is 5. The summed E-state index contributed by atoms with van der Waals surface area (Å²) in [6.45, 7) is 9.91. The fourth-order valence-electron chi connectivity index (χ4n) is 6.72. The Labute approximate surface area is 252 Å². The zero-order valence-electron chi connectivity index (χ0n) is 25.6. The average molecular weight is 560 g/mol. The third-order valence-corrected chi connectivity index (χ3v) is 8.75. The molecule has 3 N–H and O–H groups in total. The van der Waals surface area contributed by atoms with E-state index in [-0.39, 0.29) is 11.9 Å². The Kier molecular flexibility index (Phi) is 9.44. The lowest BCUT2D eigenvalue weighted by atomic mass is 9.87. The van der Waals surface area contributed by atoms with Crippen LogP contribution in [-0.2, 0) is 30.5 Å². The number of nitrogens with two attached hydrogens (primary N) is 1. The van der Waals surface area contributed by atoms with Crippen molar-refractivity contribution in [1.29, 1.82) is 0 Å². The van der Waals surface area contributed by atoms with E-state index in [4.69, 9.17) is 5.73 Å². The molecule has 0 radical (unpaired) electrons. The monoisotopic (exact) mass is 559 g/mol. The number of nitrogens with one attached hydrogen (secondary N) is 1. The molecule has 0 aromatic heterocycles. The van der Waals surface area contributed by atoms with Gasteiger partial charge in [0, 0.05) is 18.8 Å². The van der Waals surface area contributed by atoms with E-state index < -0.39 is 6.04 Å². The van der Waals surface area contributed by atoms with Crippen LogP contribution in [0.15, 0.2) is 84.9 Å². The van der Waals surface area contributed by atoms with Gasteiger partial charge in [-0.2, -0.15) is 0 Å². The van der Waals surface area contributed by atoms with Crippen molar-refractivity contribution in [2.45, 2.75) is 71.9 Å². The SMILES string of the molecule is CCN(C(=O)C(N)Cc1c(C)cc(C)cc1C)C1CCNc2c(CCc3ccccc3)cc(Cc3ccccc3)cc21. The number of benzene rings is 4. The van der Waals surface area contributed by atoms with Crippen LogP contribution < -0.4 is 11.1 Å². The zero-order chi connectivity index (χ0) is 29.6. The van der Waals surface area contributed by atoms with Crippen molar-refractivity contribution in [2.24, 2.45) is 5.73 Å². The topological polar surface area (TPSA) is 58.4 Å². The fourth-order valence-corrected chi connectivity index (χ4v) is 6.72. The highest BCUT2D eigenvalue weighted by atomic mass is 16.2. The largest absolute Gasteiger partial charge is 0.384 e. The Bertz CT molecular complexity index is 1490. The third kappa shape index (κ3) is 6.77. The van der Waals surface area contributed by atoms with Crippen molar-refractivity contribution in [3.63, 3.8) is 0 Å². The molecule has 4 aromatic rings. The Morgan fingerprint density at radius 2 is 1.52 bits per heavy atom. The van der Waals surface area contributed by atoms with Crippen molar-refractivity contribution in [1.82, 2.24) is 4.90 Å². The van der Waals surface area contributed by atoms with Crippen LogP contribution in [0.3, 0.4) is 0 Å². The summed E-state index contributed by atoms with van der Waals surface area (Å²) in [7, 11) is 0. The normalized spacial score (nSPS) is 15.0. The highest BCUT2D eigenvalue weighted by Crippen LogP contribution is 2.39. The molecular formula is C38H45N3O. The van der Waals surface area contributed by atoms with Crippen LogP contribution in [0.5, 0.6) is 0 Å². The van der Waals surface area contributed by atoms with Gasteiger partial charge >= 0.3 is 0 Å². The van der Waals surface area contributed by atoms with Crippen LogP contribution in [-0.4, -0.2) is 29.9 Å². The highest BCUT2D eigenvalue weighted by Gasteiger charge is 2.32. The molecule has 4 aromatic carbocycles. The van der Waals surface area contributed by atoms with Crippen LogP contribution in [0.4, 0.5) is 5.69 Å². The zero-order valence-corrected chi connectivity index (χ0v) is 25.6. The quantitative estimate of drug-likeness (QED) is 0.215. The maximum atomic E-state index is 14.0. The number of carbonyl (C=O) groups is 1. The molecule has 0 saturated carbocycles. The number of anilines is 1. The molecule has 2 unspecified atom stereocenters. The second-order valence-electron chi connectivity index (χ2n) is 11.9. The first-order valence-electron chi connectivity index (χ1n) is 15.4. The van der Waals surface area contributed by atoms with E-state index >= 15 is 0 Å². The van der Waals surface area contributed by atoms with Gasteiger partial charge in [-0.3, -0.25) is 4.79 Å². The van der Waals surface area contributed by atoms with Crippen molar-refractivity contribution < 1.29 is 4.79 Å². The predicted octanol–water partition coefficient (Wildman–Crippen LogP) is 7.26.